The van der Waals surface area contributed by atoms with Crippen LogP contribution in [0.1, 0.15) is 104 Å². The molecule has 0 aliphatic carbocycles. The van der Waals surface area contributed by atoms with E-state index in [2.05, 4.69) is 19.1 Å². The molecule has 1 unspecified atom stereocenters. The molecule has 140 valence electrons. The van der Waals surface area contributed by atoms with Crippen LogP contribution in [0.2, 0.25) is 0 Å². The lowest BCUT2D eigenvalue weighted by atomic mass is 10.0. The van der Waals surface area contributed by atoms with Gasteiger partial charge in [0.25, 0.3) is 0 Å². The van der Waals surface area contributed by atoms with E-state index in [0.717, 1.165) is 51.4 Å². The quantitative estimate of drug-likeness (QED) is 0.192. The Morgan fingerprint density at radius 2 is 1.42 bits per heavy atom. The minimum atomic E-state index is -0.147. The van der Waals surface area contributed by atoms with Crippen LogP contribution in [-0.4, -0.2) is 17.9 Å². The molecule has 0 heterocycles. The van der Waals surface area contributed by atoms with Crippen molar-refractivity contribution in [1.29, 1.82) is 0 Å². The van der Waals surface area contributed by atoms with Gasteiger partial charge in [0.2, 0.25) is 0 Å². The molecule has 0 aliphatic heterocycles. The summed E-state index contributed by atoms with van der Waals surface area (Å²) >= 11 is 0. The van der Waals surface area contributed by atoms with Gasteiger partial charge in [-0.05, 0) is 51.9 Å². The van der Waals surface area contributed by atoms with Crippen LogP contribution in [0.5, 0.6) is 0 Å². The van der Waals surface area contributed by atoms with E-state index >= 15 is 0 Å². The predicted octanol–water partition coefficient (Wildman–Crippen LogP) is 6.15. The van der Waals surface area contributed by atoms with E-state index in [4.69, 9.17) is 4.74 Å². The molecular formula is C21H38O3. The Bertz CT molecular complexity index is 347. The lowest BCUT2D eigenvalue weighted by molar-refractivity contribution is -0.147. The van der Waals surface area contributed by atoms with E-state index in [1.54, 1.807) is 6.92 Å². The predicted molar refractivity (Wildman–Crippen MR) is 101 cm³/mol. The van der Waals surface area contributed by atoms with Crippen LogP contribution in [0, 0.1) is 0 Å². The topological polar surface area (TPSA) is 43.4 Å². The van der Waals surface area contributed by atoms with Crippen LogP contribution < -0.4 is 0 Å². The van der Waals surface area contributed by atoms with Crippen molar-refractivity contribution in [3.63, 3.8) is 0 Å². The average molecular weight is 339 g/mol. The monoisotopic (exact) mass is 338 g/mol. The molecule has 0 radical (unpaired) electrons. The third kappa shape index (κ3) is 17.2. The SMILES string of the molecule is CCCCC(CCCCCCC/C=C/CCCC(C)=O)OC(C)=O. The molecule has 0 aromatic carbocycles. The summed E-state index contributed by atoms with van der Waals surface area (Å²) < 4.78 is 5.39. The maximum Gasteiger partial charge on any atom is 0.302 e. The minimum absolute atomic E-state index is 0.125. The second-order valence-corrected chi connectivity index (χ2v) is 6.78. The van der Waals surface area contributed by atoms with Crippen LogP contribution >= 0.6 is 0 Å². The first-order valence-electron chi connectivity index (χ1n) is 9.88. The number of esters is 1. The highest BCUT2D eigenvalue weighted by Crippen LogP contribution is 2.15. The average Bonchev–Trinajstić information content (AvgIpc) is 2.52. The molecule has 0 saturated heterocycles. The maximum atomic E-state index is 11.1. The summed E-state index contributed by atoms with van der Waals surface area (Å²) in [6.07, 6.45) is 18.9. The largest absolute Gasteiger partial charge is 0.463 e. The molecule has 0 spiro atoms. The lowest BCUT2D eigenvalue weighted by Gasteiger charge is -2.16. The highest BCUT2D eigenvalue weighted by molar-refractivity contribution is 5.75. The molecule has 0 bridgehead atoms. The van der Waals surface area contributed by atoms with Crippen molar-refractivity contribution in [2.45, 2.75) is 110 Å². The Morgan fingerprint density at radius 3 is 2.04 bits per heavy atom. The molecule has 0 aromatic rings. The van der Waals surface area contributed by atoms with Crippen LogP contribution in [0.3, 0.4) is 0 Å². The summed E-state index contributed by atoms with van der Waals surface area (Å²) in [5, 5.41) is 0. The molecular weight excluding hydrogens is 300 g/mol. The number of carbonyl (C=O) groups is 2. The van der Waals surface area contributed by atoms with Gasteiger partial charge in [-0.2, -0.15) is 0 Å². The first kappa shape index (κ1) is 22.9. The van der Waals surface area contributed by atoms with E-state index in [9.17, 15) is 9.59 Å². The summed E-state index contributed by atoms with van der Waals surface area (Å²) in [6.45, 7) is 5.33. The van der Waals surface area contributed by atoms with Crippen molar-refractivity contribution in [1.82, 2.24) is 0 Å². The molecule has 3 nitrogen and oxygen atoms in total. The van der Waals surface area contributed by atoms with E-state index in [0.29, 0.717) is 6.42 Å². The van der Waals surface area contributed by atoms with Crippen molar-refractivity contribution in [3.8, 4) is 0 Å². The molecule has 3 heteroatoms. The summed E-state index contributed by atoms with van der Waals surface area (Å²) in [7, 11) is 0. The lowest BCUT2D eigenvalue weighted by Crippen LogP contribution is -2.16. The first-order chi connectivity index (χ1) is 11.6. The van der Waals surface area contributed by atoms with E-state index in [1.807, 2.05) is 0 Å². The molecule has 1 atom stereocenters. The number of hydrogen-bond acceptors (Lipinski definition) is 3. The van der Waals surface area contributed by atoms with Gasteiger partial charge >= 0.3 is 5.97 Å². The van der Waals surface area contributed by atoms with Gasteiger partial charge < -0.3 is 9.53 Å². The van der Waals surface area contributed by atoms with Gasteiger partial charge in [0.15, 0.2) is 0 Å². The number of hydrogen-bond donors (Lipinski definition) is 0. The standard InChI is InChI=1S/C21H38O3/c1-4-5-17-21(24-20(3)23)18-15-13-11-9-7-6-8-10-12-14-16-19(2)22/h8,10,21H,4-7,9,11-18H2,1-3H3/b10-8+. The fourth-order valence-corrected chi connectivity index (χ4v) is 2.80. The third-order valence-corrected chi connectivity index (χ3v) is 4.18. The van der Waals surface area contributed by atoms with Crippen molar-refractivity contribution >= 4 is 11.8 Å². The van der Waals surface area contributed by atoms with Gasteiger partial charge in [-0.1, -0.05) is 51.2 Å². The number of ketones is 1. The van der Waals surface area contributed by atoms with Gasteiger partial charge in [-0.3, -0.25) is 4.79 Å². The van der Waals surface area contributed by atoms with Gasteiger partial charge in [-0.25, -0.2) is 0 Å². The zero-order valence-electron chi connectivity index (χ0n) is 16.1. The summed E-state index contributed by atoms with van der Waals surface area (Å²) in [5.74, 6) is 0.139. The van der Waals surface area contributed by atoms with Gasteiger partial charge in [-0.15, -0.1) is 0 Å². The van der Waals surface area contributed by atoms with E-state index < -0.39 is 0 Å². The summed E-state index contributed by atoms with van der Waals surface area (Å²) in [6, 6.07) is 0. The number of ether oxygens (including phenoxy) is 1. The number of rotatable bonds is 16. The number of carbonyl (C=O) groups excluding carboxylic acids is 2. The zero-order valence-corrected chi connectivity index (χ0v) is 16.1. The Hall–Kier alpha value is -1.12. The zero-order chi connectivity index (χ0) is 18.0. The summed E-state index contributed by atoms with van der Waals surface area (Å²) in [4.78, 5) is 21.9. The van der Waals surface area contributed by atoms with E-state index in [1.165, 1.54) is 32.6 Å². The van der Waals surface area contributed by atoms with Gasteiger partial charge in [0.1, 0.15) is 11.9 Å². The van der Waals surface area contributed by atoms with Crippen molar-refractivity contribution in [2.24, 2.45) is 0 Å². The summed E-state index contributed by atoms with van der Waals surface area (Å²) in [5.41, 5.74) is 0. The Labute approximate surface area is 149 Å². The van der Waals surface area contributed by atoms with Crippen LogP contribution in [0.4, 0.5) is 0 Å². The van der Waals surface area contributed by atoms with Gasteiger partial charge in [0, 0.05) is 13.3 Å². The fraction of sp³-hybridized carbons (Fsp3) is 0.810. The maximum absolute atomic E-state index is 11.1. The Kier molecular flexibility index (Phi) is 15.9. The first-order valence-corrected chi connectivity index (χ1v) is 9.88. The molecule has 0 rings (SSSR count). The highest BCUT2D eigenvalue weighted by atomic mass is 16.5. The van der Waals surface area contributed by atoms with Crippen LogP contribution in [0.15, 0.2) is 12.2 Å². The second kappa shape index (κ2) is 16.7. The highest BCUT2D eigenvalue weighted by Gasteiger charge is 2.10. The van der Waals surface area contributed by atoms with Crippen molar-refractivity contribution in [2.75, 3.05) is 0 Å². The molecule has 0 N–H and O–H groups in total. The Morgan fingerprint density at radius 1 is 0.833 bits per heavy atom. The number of unbranched alkanes of at least 4 members (excludes halogenated alkanes) is 7. The molecule has 0 fully saturated rings. The molecule has 0 aliphatic rings. The number of Topliss-reactive ketones (excluding diaryl/α,β-unsaturated/α-hetero) is 1. The van der Waals surface area contributed by atoms with E-state index in [-0.39, 0.29) is 17.9 Å². The smallest absolute Gasteiger partial charge is 0.302 e. The number of allylic oxidation sites excluding steroid dienone is 2. The molecule has 24 heavy (non-hydrogen) atoms. The van der Waals surface area contributed by atoms with Crippen molar-refractivity contribution < 1.29 is 14.3 Å². The van der Waals surface area contributed by atoms with Crippen LogP contribution in [0.25, 0.3) is 0 Å². The van der Waals surface area contributed by atoms with Crippen molar-refractivity contribution in [3.05, 3.63) is 12.2 Å². The second-order valence-electron chi connectivity index (χ2n) is 6.78. The Balaban J connectivity index is 3.48. The minimum Gasteiger partial charge on any atom is -0.463 e. The van der Waals surface area contributed by atoms with Crippen LogP contribution in [-0.2, 0) is 14.3 Å². The fourth-order valence-electron chi connectivity index (χ4n) is 2.80. The third-order valence-electron chi connectivity index (χ3n) is 4.18. The normalized spacial score (nSPS) is 12.5. The molecule has 0 amide bonds. The molecule has 0 aromatic heterocycles. The molecule has 0 saturated carbocycles. The van der Waals surface area contributed by atoms with Gasteiger partial charge in [0.05, 0.1) is 0 Å².